The van der Waals surface area contributed by atoms with Crippen LogP contribution in [0.1, 0.15) is 53.2 Å². The molecular formula is C20H24FN3O2S. The molecule has 144 valence electrons. The number of likely N-dealkylation sites (tertiary alicyclic amines) is 1. The van der Waals surface area contributed by atoms with Gasteiger partial charge in [-0.05, 0) is 25.0 Å². The maximum absolute atomic E-state index is 13.9. The second-order valence-corrected chi connectivity index (χ2v) is 7.59. The fourth-order valence-corrected chi connectivity index (χ4v) is 4.23. The number of amides is 2. The fourth-order valence-electron chi connectivity index (χ4n) is 3.25. The summed E-state index contributed by atoms with van der Waals surface area (Å²) in [5.74, 6) is -0.509. The van der Waals surface area contributed by atoms with Crippen LogP contribution in [0.5, 0.6) is 0 Å². The van der Waals surface area contributed by atoms with Crippen LogP contribution in [0.2, 0.25) is 0 Å². The van der Waals surface area contributed by atoms with Crippen LogP contribution in [0.4, 0.5) is 4.39 Å². The van der Waals surface area contributed by atoms with Crippen molar-refractivity contribution in [3.63, 3.8) is 0 Å². The summed E-state index contributed by atoms with van der Waals surface area (Å²) >= 11 is 1.60. The molecule has 1 aromatic heterocycles. The van der Waals surface area contributed by atoms with Gasteiger partial charge in [-0.25, -0.2) is 9.37 Å². The average Bonchev–Trinajstić information content (AvgIpc) is 3.17. The van der Waals surface area contributed by atoms with E-state index in [-0.39, 0.29) is 23.3 Å². The zero-order valence-electron chi connectivity index (χ0n) is 15.4. The third kappa shape index (κ3) is 4.91. The summed E-state index contributed by atoms with van der Waals surface area (Å²) in [6.07, 6.45) is 3.04. The number of aromatic nitrogens is 1. The fraction of sp³-hybridized carbons (Fsp3) is 0.450. The van der Waals surface area contributed by atoms with Gasteiger partial charge in [0.1, 0.15) is 5.82 Å². The van der Waals surface area contributed by atoms with Gasteiger partial charge in [0.05, 0.1) is 16.3 Å². The Morgan fingerprint density at radius 3 is 2.96 bits per heavy atom. The van der Waals surface area contributed by atoms with Gasteiger partial charge >= 0.3 is 0 Å². The largest absolute Gasteiger partial charge is 0.356 e. The molecule has 1 unspecified atom stereocenters. The van der Waals surface area contributed by atoms with E-state index < -0.39 is 5.82 Å². The van der Waals surface area contributed by atoms with Crippen LogP contribution in [0.3, 0.4) is 0 Å². The van der Waals surface area contributed by atoms with Crippen molar-refractivity contribution in [2.45, 2.75) is 38.5 Å². The molecule has 0 spiro atoms. The molecule has 2 amide bonds. The van der Waals surface area contributed by atoms with Crippen molar-refractivity contribution in [3.05, 3.63) is 51.7 Å². The summed E-state index contributed by atoms with van der Waals surface area (Å²) in [4.78, 5) is 30.4. The molecule has 0 radical (unpaired) electrons. The minimum absolute atomic E-state index is 0.0417. The molecule has 1 fully saturated rings. The van der Waals surface area contributed by atoms with Gasteiger partial charge in [0.15, 0.2) is 0 Å². The van der Waals surface area contributed by atoms with Crippen molar-refractivity contribution in [1.82, 2.24) is 15.2 Å². The van der Waals surface area contributed by atoms with E-state index in [9.17, 15) is 14.0 Å². The van der Waals surface area contributed by atoms with E-state index in [1.807, 2.05) is 12.3 Å². The molecule has 0 bridgehead atoms. The van der Waals surface area contributed by atoms with Crippen LogP contribution in [0.25, 0.3) is 0 Å². The normalized spacial score (nSPS) is 17.0. The molecule has 1 aliphatic rings. The van der Waals surface area contributed by atoms with Crippen molar-refractivity contribution in [2.24, 2.45) is 0 Å². The molecule has 2 aromatic rings. The van der Waals surface area contributed by atoms with Crippen LogP contribution < -0.4 is 5.32 Å². The lowest BCUT2D eigenvalue weighted by molar-refractivity contribution is -0.120. The van der Waals surface area contributed by atoms with Gasteiger partial charge in [0.2, 0.25) is 5.91 Å². The number of carbonyl (C=O) groups is 2. The van der Waals surface area contributed by atoms with Gasteiger partial charge in [-0.2, -0.15) is 0 Å². The van der Waals surface area contributed by atoms with Crippen LogP contribution in [0, 0.1) is 5.82 Å². The molecule has 1 atom stereocenters. The smallest absolute Gasteiger partial charge is 0.256 e. The highest BCUT2D eigenvalue weighted by atomic mass is 32.1. The number of benzene rings is 1. The minimum Gasteiger partial charge on any atom is -0.356 e. The second-order valence-electron chi connectivity index (χ2n) is 6.70. The Kier molecular flexibility index (Phi) is 6.55. The highest BCUT2D eigenvalue weighted by Crippen LogP contribution is 2.30. The summed E-state index contributed by atoms with van der Waals surface area (Å²) in [5.41, 5.74) is 1.09. The summed E-state index contributed by atoms with van der Waals surface area (Å²) in [6.45, 7) is 3.61. The number of piperidine rings is 1. The van der Waals surface area contributed by atoms with Crippen molar-refractivity contribution < 1.29 is 14.0 Å². The first kappa shape index (κ1) is 19.5. The van der Waals surface area contributed by atoms with E-state index in [4.69, 9.17) is 4.98 Å². The number of thiazole rings is 1. The van der Waals surface area contributed by atoms with Crippen LogP contribution >= 0.6 is 11.3 Å². The van der Waals surface area contributed by atoms with Crippen molar-refractivity contribution in [1.29, 1.82) is 0 Å². The maximum atomic E-state index is 13.9. The molecule has 1 aromatic carbocycles. The Balaban J connectivity index is 1.60. The lowest BCUT2D eigenvalue weighted by Gasteiger charge is -2.32. The monoisotopic (exact) mass is 389 g/mol. The number of nitrogens with one attached hydrogen (secondary N) is 1. The topological polar surface area (TPSA) is 62.3 Å². The minimum atomic E-state index is -0.477. The van der Waals surface area contributed by atoms with Gasteiger partial charge < -0.3 is 10.2 Å². The number of nitrogens with zero attached hydrogens (tertiary/aromatic N) is 2. The molecule has 3 rings (SSSR count). The molecule has 2 heterocycles. The third-order valence-electron chi connectivity index (χ3n) is 4.76. The first-order valence-electron chi connectivity index (χ1n) is 9.33. The zero-order chi connectivity index (χ0) is 19.2. The molecule has 0 saturated carbocycles. The Morgan fingerprint density at radius 2 is 2.19 bits per heavy atom. The maximum Gasteiger partial charge on any atom is 0.256 e. The van der Waals surface area contributed by atoms with Crippen LogP contribution in [-0.2, 0) is 11.2 Å². The first-order valence-corrected chi connectivity index (χ1v) is 10.2. The number of halogens is 1. The van der Waals surface area contributed by atoms with E-state index in [0.717, 1.165) is 23.5 Å². The van der Waals surface area contributed by atoms with Crippen LogP contribution in [-0.4, -0.2) is 41.3 Å². The lowest BCUT2D eigenvalue weighted by atomic mass is 9.98. The molecular weight excluding hydrogens is 365 g/mol. The summed E-state index contributed by atoms with van der Waals surface area (Å²) in [7, 11) is 0. The quantitative estimate of drug-likeness (QED) is 0.824. The first-order chi connectivity index (χ1) is 13.1. The molecule has 27 heavy (non-hydrogen) atoms. The predicted molar refractivity (Wildman–Crippen MR) is 103 cm³/mol. The molecule has 5 nitrogen and oxygen atoms in total. The number of hydrogen-bond acceptors (Lipinski definition) is 4. The Bertz CT molecular complexity index is 808. The Hall–Kier alpha value is -2.28. The lowest BCUT2D eigenvalue weighted by Crippen LogP contribution is -2.39. The van der Waals surface area contributed by atoms with Gasteiger partial charge in [0, 0.05) is 43.8 Å². The summed E-state index contributed by atoms with van der Waals surface area (Å²) in [6, 6.07) is 6.12. The molecule has 1 N–H and O–H groups in total. The predicted octanol–water partition coefficient (Wildman–Crippen LogP) is 3.37. The van der Waals surface area contributed by atoms with Gasteiger partial charge in [-0.3, -0.25) is 9.59 Å². The van der Waals surface area contributed by atoms with E-state index in [1.165, 1.54) is 12.1 Å². The number of hydrogen-bond donors (Lipinski definition) is 1. The molecule has 1 saturated heterocycles. The number of rotatable bonds is 6. The number of carbonyl (C=O) groups excluding carboxylic acids is 2. The van der Waals surface area contributed by atoms with Crippen LogP contribution in [0.15, 0.2) is 29.6 Å². The van der Waals surface area contributed by atoms with E-state index >= 15 is 0 Å². The summed E-state index contributed by atoms with van der Waals surface area (Å²) in [5, 5.41) is 5.88. The van der Waals surface area contributed by atoms with Crippen molar-refractivity contribution >= 4 is 23.2 Å². The van der Waals surface area contributed by atoms with E-state index in [1.54, 1.807) is 28.4 Å². The SMILES string of the molecule is CCC(=O)NCCc1csc(C2CCCN(C(=O)c3ccccc3F)C2)n1. The zero-order valence-corrected chi connectivity index (χ0v) is 16.2. The van der Waals surface area contributed by atoms with Gasteiger partial charge in [0.25, 0.3) is 5.91 Å². The Labute approximate surface area is 162 Å². The second kappa shape index (κ2) is 9.08. The molecule has 7 heteroatoms. The highest BCUT2D eigenvalue weighted by molar-refractivity contribution is 7.09. The van der Waals surface area contributed by atoms with E-state index in [2.05, 4.69) is 5.32 Å². The highest BCUT2D eigenvalue weighted by Gasteiger charge is 2.28. The summed E-state index contributed by atoms with van der Waals surface area (Å²) < 4.78 is 13.9. The third-order valence-corrected chi connectivity index (χ3v) is 5.81. The van der Waals surface area contributed by atoms with E-state index in [0.29, 0.717) is 32.5 Å². The van der Waals surface area contributed by atoms with Gasteiger partial charge in [-0.15, -0.1) is 11.3 Å². The molecule has 0 aliphatic carbocycles. The van der Waals surface area contributed by atoms with Gasteiger partial charge in [-0.1, -0.05) is 19.1 Å². The van der Waals surface area contributed by atoms with Crippen molar-refractivity contribution in [2.75, 3.05) is 19.6 Å². The Morgan fingerprint density at radius 1 is 1.37 bits per heavy atom. The average molecular weight is 389 g/mol. The van der Waals surface area contributed by atoms with Crippen molar-refractivity contribution in [3.8, 4) is 0 Å². The molecule has 1 aliphatic heterocycles. The standard InChI is InChI=1S/C20H24FN3O2S/c1-2-18(25)22-10-9-15-13-27-19(23-15)14-6-5-11-24(12-14)20(26)16-7-3-4-8-17(16)21/h3-4,7-8,13-14H,2,5-6,9-12H2,1H3,(H,22,25).